The Morgan fingerprint density at radius 3 is 2.43 bits per heavy atom. The minimum atomic E-state index is -0.726. The minimum absolute atomic E-state index is 0.0354. The molecule has 2 aromatic rings. The summed E-state index contributed by atoms with van der Waals surface area (Å²) in [6, 6.07) is 10.1. The summed E-state index contributed by atoms with van der Waals surface area (Å²) in [6.07, 6.45) is 0. The molecule has 0 aliphatic carbocycles. The second kappa shape index (κ2) is 4.63. The summed E-state index contributed by atoms with van der Waals surface area (Å²) in [5.41, 5.74) is 0.446. The van der Waals surface area contributed by atoms with Crippen molar-refractivity contribution in [1.82, 2.24) is 0 Å². The normalized spacial score (nSPS) is 13.5. The van der Waals surface area contributed by atoms with Crippen molar-refractivity contribution in [2.45, 2.75) is 6.92 Å². The van der Waals surface area contributed by atoms with Gasteiger partial charge in [-0.3, -0.25) is 14.4 Å². The van der Waals surface area contributed by atoms with Crippen LogP contribution in [0.2, 0.25) is 0 Å². The van der Waals surface area contributed by atoms with E-state index in [1.54, 1.807) is 12.1 Å². The molecule has 4 nitrogen and oxygen atoms in total. The number of hydrogen-bond donors (Lipinski definition) is 0. The van der Waals surface area contributed by atoms with Crippen molar-refractivity contribution < 1.29 is 18.8 Å². The minimum Gasteiger partial charge on any atom is -0.295 e. The topological polar surface area (TPSA) is 54.5 Å². The van der Waals surface area contributed by atoms with E-state index in [4.69, 9.17) is 0 Å². The van der Waals surface area contributed by atoms with Gasteiger partial charge in [-0.25, -0.2) is 9.29 Å². The van der Waals surface area contributed by atoms with Crippen molar-refractivity contribution in [3.05, 3.63) is 65.0 Å². The summed E-state index contributed by atoms with van der Waals surface area (Å²) in [5, 5.41) is 0. The highest BCUT2D eigenvalue weighted by Crippen LogP contribution is 2.30. The Morgan fingerprint density at radius 1 is 1.05 bits per heavy atom. The van der Waals surface area contributed by atoms with E-state index >= 15 is 0 Å². The quantitative estimate of drug-likeness (QED) is 0.629. The van der Waals surface area contributed by atoms with E-state index in [0.29, 0.717) is 5.56 Å². The van der Waals surface area contributed by atoms with E-state index in [2.05, 4.69) is 0 Å². The van der Waals surface area contributed by atoms with E-state index in [9.17, 15) is 18.8 Å². The van der Waals surface area contributed by atoms with Crippen molar-refractivity contribution >= 4 is 23.3 Å². The van der Waals surface area contributed by atoms with E-state index in [0.717, 1.165) is 11.0 Å². The lowest BCUT2D eigenvalue weighted by Gasteiger charge is -2.14. The number of nitrogens with zero attached hydrogens (tertiary/aromatic N) is 1. The first kappa shape index (κ1) is 13.2. The van der Waals surface area contributed by atoms with Gasteiger partial charge in [0.15, 0.2) is 5.78 Å². The molecule has 0 N–H and O–H groups in total. The fraction of sp³-hybridized carbons (Fsp3) is 0.0625. The predicted octanol–water partition coefficient (Wildman–Crippen LogP) is 2.83. The summed E-state index contributed by atoms with van der Waals surface area (Å²) in [5.74, 6) is -2.21. The molecular weight excluding hydrogens is 273 g/mol. The van der Waals surface area contributed by atoms with Crippen LogP contribution in [0.4, 0.5) is 10.1 Å². The Kier molecular flexibility index (Phi) is 2.90. The van der Waals surface area contributed by atoms with Crippen LogP contribution >= 0.6 is 0 Å². The standard InChI is InChI=1S/C16H10FNO3/c1-9(19)10-4-2-5-11(8-10)18-15(20)12-6-3-7-13(17)14(12)16(18)21/h2-8H,1H3. The number of anilines is 1. The number of carbonyl (C=O) groups is 3. The smallest absolute Gasteiger partial charge is 0.269 e. The Morgan fingerprint density at radius 2 is 1.76 bits per heavy atom. The Balaban J connectivity index is 2.12. The van der Waals surface area contributed by atoms with E-state index < -0.39 is 17.6 Å². The monoisotopic (exact) mass is 283 g/mol. The lowest BCUT2D eigenvalue weighted by Crippen LogP contribution is -2.29. The van der Waals surface area contributed by atoms with Crippen LogP contribution in [0.25, 0.3) is 0 Å². The van der Waals surface area contributed by atoms with Crippen molar-refractivity contribution in [1.29, 1.82) is 0 Å². The fourth-order valence-electron chi connectivity index (χ4n) is 2.34. The first-order valence-electron chi connectivity index (χ1n) is 6.29. The number of halogens is 1. The van der Waals surface area contributed by atoms with Gasteiger partial charge in [0, 0.05) is 5.56 Å². The molecule has 0 radical (unpaired) electrons. The molecule has 5 heteroatoms. The number of imide groups is 1. The largest absolute Gasteiger partial charge is 0.295 e. The Bertz CT molecular complexity index is 798. The maximum atomic E-state index is 13.8. The van der Waals surface area contributed by atoms with Gasteiger partial charge in [0.25, 0.3) is 11.8 Å². The zero-order chi connectivity index (χ0) is 15.1. The third kappa shape index (κ3) is 1.94. The van der Waals surface area contributed by atoms with Gasteiger partial charge < -0.3 is 0 Å². The van der Waals surface area contributed by atoms with Gasteiger partial charge in [0.05, 0.1) is 16.8 Å². The van der Waals surface area contributed by atoms with Crippen LogP contribution in [0.3, 0.4) is 0 Å². The maximum Gasteiger partial charge on any atom is 0.269 e. The average Bonchev–Trinajstić information content (AvgIpc) is 2.72. The van der Waals surface area contributed by atoms with Crippen LogP contribution in [0.15, 0.2) is 42.5 Å². The van der Waals surface area contributed by atoms with Crippen molar-refractivity contribution in [2.75, 3.05) is 4.90 Å². The van der Waals surface area contributed by atoms with Crippen LogP contribution in [-0.2, 0) is 0 Å². The Hall–Kier alpha value is -2.82. The molecule has 104 valence electrons. The van der Waals surface area contributed by atoms with Gasteiger partial charge in [-0.2, -0.15) is 0 Å². The van der Waals surface area contributed by atoms with Crippen LogP contribution in [0.5, 0.6) is 0 Å². The number of rotatable bonds is 2. The van der Waals surface area contributed by atoms with Gasteiger partial charge in [0.1, 0.15) is 5.82 Å². The summed E-state index contributed by atoms with van der Waals surface area (Å²) < 4.78 is 13.8. The molecule has 2 amide bonds. The molecule has 0 spiro atoms. The molecule has 0 fully saturated rings. The van der Waals surface area contributed by atoms with E-state index in [1.165, 1.54) is 31.2 Å². The second-order valence-electron chi connectivity index (χ2n) is 4.71. The molecule has 0 aromatic heterocycles. The van der Waals surface area contributed by atoms with Crippen molar-refractivity contribution in [2.24, 2.45) is 0 Å². The summed E-state index contributed by atoms with van der Waals surface area (Å²) in [6.45, 7) is 1.39. The zero-order valence-electron chi connectivity index (χ0n) is 11.1. The molecule has 3 rings (SSSR count). The van der Waals surface area contributed by atoms with E-state index in [-0.39, 0.29) is 22.6 Å². The molecule has 0 unspecified atom stereocenters. The molecule has 1 aliphatic rings. The molecule has 0 saturated carbocycles. The highest BCUT2D eigenvalue weighted by atomic mass is 19.1. The molecule has 2 aromatic carbocycles. The number of benzene rings is 2. The molecule has 0 bridgehead atoms. The predicted molar refractivity (Wildman–Crippen MR) is 74.0 cm³/mol. The van der Waals surface area contributed by atoms with Gasteiger partial charge in [0.2, 0.25) is 0 Å². The zero-order valence-corrected chi connectivity index (χ0v) is 11.1. The molecule has 0 saturated heterocycles. The average molecular weight is 283 g/mol. The molecule has 1 heterocycles. The second-order valence-corrected chi connectivity index (χ2v) is 4.71. The molecular formula is C16H10FNO3. The van der Waals surface area contributed by atoms with Crippen LogP contribution in [-0.4, -0.2) is 17.6 Å². The third-order valence-electron chi connectivity index (χ3n) is 3.37. The first-order chi connectivity index (χ1) is 10.0. The van der Waals surface area contributed by atoms with Crippen molar-refractivity contribution in [3.8, 4) is 0 Å². The van der Waals surface area contributed by atoms with Crippen LogP contribution in [0, 0.1) is 5.82 Å². The fourth-order valence-corrected chi connectivity index (χ4v) is 2.34. The number of hydrogen-bond acceptors (Lipinski definition) is 3. The van der Waals surface area contributed by atoms with Gasteiger partial charge in [-0.05, 0) is 31.2 Å². The number of amides is 2. The first-order valence-corrected chi connectivity index (χ1v) is 6.29. The molecule has 21 heavy (non-hydrogen) atoms. The third-order valence-corrected chi connectivity index (χ3v) is 3.37. The summed E-state index contributed by atoms with van der Waals surface area (Å²) in [4.78, 5) is 36.9. The SMILES string of the molecule is CC(=O)c1cccc(N2C(=O)c3cccc(F)c3C2=O)c1. The maximum absolute atomic E-state index is 13.8. The van der Waals surface area contributed by atoms with E-state index in [1.807, 2.05) is 0 Å². The number of ketones is 1. The number of Topliss-reactive ketones (excluding diaryl/α,β-unsaturated/α-hetero) is 1. The lowest BCUT2D eigenvalue weighted by atomic mass is 10.1. The highest BCUT2D eigenvalue weighted by molar-refractivity contribution is 6.34. The van der Waals surface area contributed by atoms with Gasteiger partial charge >= 0.3 is 0 Å². The Labute approximate surface area is 119 Å². The van der Waals surface area contributed by atoms with Crippen LogP contribution in [0.1, 0.15) is 38.0 Å². The van der Waals surface area contributed by atoms with Gasteiger partial charge in [-0.15, -0.1) is 0 Å². The highest BCUT2D eigenvalue weighted by Gasteiger charge is 2.38. The van der Waals surface area contributed by atoms with Crippen LogP contribution < -0.4 is 4.90 Å². The summed E-state index contributed by atoms with van der Waals surface area (Å²) in [7, 11) is 0. The number of fused-ring (bicyclic) bond motifs is 1. The molecule has 0 atom stereocenters. The summed E-state index contributed by atoms with van der Waals surface area (Å²) >= 11 is 0. The lowest BCUT2D eigenvalue weighted by molar-refractivity contribution is 0.0922. The molecule has 1 aliphatic heterocycles. The van der Waals surface area contributed by atoms with Crippen molar-refractivity contribution in [3.63, 3.8) is 0 Å². The van der Waals surface area contributed by atoms with Gasteiger partial charge in [-0.1, -0.05) is 18.2 Å². The number of carbonyl (C=O) groups excluding carboxylic acids is 3.